The molecule has 1 aliphatic heterocycles. The van der Waals surface area contributed by atoms with Crippen LogP contribution < -0.4 is 13.8 Å². The van der Waals surface area contributed by atoms with Crippen molar-refractivity contribution in [1.82, 2.24) is 4.72 Å². The van der Waals surface area contributed by atoms with Crippen LogP contribution in [-0.4, -0.2) is 54.7 Å². The van der Waals surface area contributed by atoms with E-state index in [1.165, 1.54) is 19.2 Å². The number of sulfonamides is 2. The van der Waals surface area contributed by atoms with Gasteiger partial charge in [0.05, 0.1) is 25.7 Å². The lowest BCUT2D eigenvalue weighted by Gasteiger charge is -2.20. The Hall–Kier alpha value is -2.96. The van der Waals surface area contributed by atoms with Crippen molar-refractivity contribution in [3.8, 4) is 5.75 Å². The van der Waals surface area contributed by atoms with E-state index in [0.29, 0.717) is 9.87 Å². The average Bonchev–Trinajstić information content (AvgIpc) is 3.05. The van der Waals surface area contributed by atoms with Crippen molar-refractivity contribution >= 4 is 37.6 Å². The number of nitrogens with one attached hydrogen (secondary N) is 1. The van der Waals surface area contributed by atoms with E-state index in [4.69, 9.17) is 9.47 Å². The summed E-state index contributed by atoms with van der Waals surface area (Å²) in [4.78, 5) is 24.0. The predicted octanol–water partition coefficient (Wildman–Crippen LogP) is 0.824. The molecule has 32 heavy (non-hydrogen) atoms. The van der Waals surface area contributed by atoms with E-state index < -0.39 is 42.9 Å². The Morgan fingerprint density at radius 1 is 1.16 bits per heavy atom. The van der Waals surface area contributed by atoms with Gasteiger partial charge in [0.15, 0.2) is 0 Å². The van der Waals surface area contributed by atoms with Gasteiger partial charge in [-0.2, -0.15) is 4.72 Å². The van der Waals surface area contributed by atoms with Gasteiger partial charge in [0.1, 0.15) is 16.7 Å². The molecule has 0 unspecified atom stereocenters. The quantitative estimate of drug-likeness (QED) is 0.546. The summed E-state index contributed by atoms with van der Waals surface area (Å²) >= 11 is 0. The number of hydrogen-bond acceptors (Lipinski definition) is 8. The van der Waals surface area contributed by atoms with Crippen LogP contribution in [0.25, 0.3) is 0 Å². The number of carbonyl (C=O) groups is 2. The van der Waals surface area contributed by atoms with Crippen molar-refractivity contribution in [3.63, 3.8) is 0 Å². The van der Waals surface area contributed by atoms with Gasteiger partial charge in [-0.15, -0.1) is 0 Å². The van der Waals surface area contributed by atoms with Gasteiger partial charge >= 0.3 is 5.97 Å². The van der Waals surface area contributed by atoms with E-state index in [-0.39, 0.29) is 30.0 Å². The minimum Gasteiger partial charge on any atom is -0.495 e. The fourth-order valence-electron chi connectivity index (χ4n) is 3.29. The Balaban J connectivity index is 2.00. The Bertz CT molecular complexity index is 1230. The summed E-state index contributed by atoms with van der Waals surface area (Å²) in [6.07, 6.45) is -0.177. The fourth-order valence-corrected chi connectivity index (χ4v) is 6.11. The van der Waals surface area contributed by atoms with Crippen LogP contribution in [0.4, 0.5) is 5.69 Å². The van der Waals surface area contributed by atoms with Gasteiger partial charge in [0, 0.05) is 6.42 Å². The van der Waals surface area contributed by atoms with Crippen molar-refractivity contribution in [3.05, 3.63) is 54.1 Å². The number of carbonyl (C=O) groups excluding carboxylic acids is 2. The summed E-state index contributed by atoms with van der Waals surface area (Å²) in [5, 5.41) is 0. The summed E-state index contributed by atoms with van der Waals surface area (Å²) in [5.41, 5.74) is 0.562. The first-order valence-electron chi connectivity index (χ1n) is 9.47. The van der Waals surface area contributed by atoms with E-state index in [0.717, 1.165) is 13.2 Å². The van der Waals surface area contributed by atoms with Crippen LogP contribution in [0.3, 0.4) is 0 Å². The zero-order valence-electron chi connectivity index (χ0n) is 17.3. The lowest BCUT2D eigenvalue weighted by molar-refractivity contribution is -0.142. The SMILES string of the molecule is COC(=O)[C@H](Cc1ccccc1)NS(=O)(=O)c1cc(N2C(=O)CCS2(=O)=O)ccc1OC. The second kappa shape index (κ2) is 9.27. The molecule has 1 amide bonds. The van der Waals surface area contributed by atoms with E-state index >= 15 is 0 Å². The van der Waals surface area contributed by atoms with Crippen molar-refractivity contribution in [2.75, 3.05) is 24.3 Å². The third-order valence-electron chi connectivity index (χ3n) is 4.82. The number of hydrogen-bond donors (Lipinski definition) is 1. The molecule has 0 aliphatic carbocycles. The second-order valence-corrected chi connectivity index (χ2v) is 10.6. The van der Waals surface area contributed by atoms with Crippen molar-refractivity contribution in [2.24, 2.45) is 0 Å². The molecule has 2 aromatic carbocycles. The Labute approximate surface area is 186 Å². The maximum atomic E-state index is 13.2. The van der Waals surface area contributed by atoms with Crippen LogP contribution in [0.1, 0.15) is 12.0 Å². The number of rotatable bonds is 8. The van der Waals surface area contributed by atoms with E-state index in [1.54, 1.807) is 30.3 Å². The number of methoxy groups -OCH3 is 2. The van der Waals surface area contributed by atoms with Gasteiger partial charge in [-0.25, -0.2) is 21.1 Å². The highest BCUT2D eigenvalue weighted by Gasteiger charge is 2.37. The van der Waals surface area contributed by atoms with E-state index in [2.05, 4.69) is 4.72 Å². The molecule has 0 radical (unpaired) electrons. The Morgan fingerprint density at radius 2 is 1.84 bits per heavy atom. The highest BCUT2D eigenvalue weighted by Crippen LogP contribution is 2.32. The van der Waals surface area contributed by atoms with Gasteiger partial charge in [-0.3, -0.25) is 9.59 Å². The minimum atomic E-state index is -4.39. The predicted molar refractivity (Wildman–Crippen MR) is 115 cm³/mol. The molecule has 1 heterocycles. The Morgan fingerprint density at radius 3 is 2.41 bits per heavy atom. The summed E-state index contributed by atoms with van der Waals surface area (Å²) in [7, 11) is -5.91. The average molecular weight is 483 g/mol. The Kier molecular flexibility index (Phi) is 6.86. The van der Waals surface area contributed by atoms with Gasteiger partial charge in [0.2, 0.25) is 26.0 Å². The normalized spacial score (nSPS) is 16.6. The molecule has 0 bridgehead atoms. The smallest absolute Gasteiger partial charge is 0.324 e. The molecule has 1 aliphatic rings. The van der Waals surface area contributed by atoms with Crippen LogP contribution in [0.5, 0.6) is 5.75 Å². The first-order valence-corrected chi connectivity index (χ1v) is 12.6. The number of benzene rings is 2. The summed E-state index contributed by atoms with van der Waals surface area (Å²) in [5.74, 6) is -1.92. The molecule has 3 rings (SSSR count). The molecule has 0 saturated carbocycles. The van der Waals surface area contributed by atoms with Gasteiger partial charge in [-0.1, -0.05) is 30.3 Å². The first-order chi connectivity index (χ1) is 15.1. The van der Waals surface area contributed by atoms with Crippen LogP contribution in [0, 0.1) is 0 Å². The van der Waals surface area contributed by atoms with Crippen molar-refractivity contribution in [1.29, 1.82) is 0 Å². The van der Waals surface area contributed by atoms with Crippen LogP contribution in [-0.2, 0) is 40.8 Å². The zero-order chi connectivity index (χ0) is 23.5. The zero-order valence-corrected chi connectivity index (χ0v) is 19.0. The monoisotopic (exact) mass is 482 g/mol. The lowest BCUT2D eigenvalue weighted by atomic mass is 10.1. The standard InChI is InChI=1S/C20H22N2O8S2/c1-29-17-9-8-15(22-19(23)10-11-31(22,25)26)13-18(17)32(27,28)21-16(20(24)30-2)12-14-6-4-3-5-7-14/h3-9,13,16,21H,10-12H2,1-2H3/t16-/m0/s1. The number of anilines is 1. The van der Waals surface area contributed by atoms with Crippen LogP contribution in [0.15, 0.2) is 53.4 Å². The topological polar surface area (TPSA) is 136 Å². The van der Waals surface area contributed by atoms with Gasteiger partial charge in [0.25, 0.3) is 0 Å². The second-order valence-electron chi connectivity index (χ2n) is 6.95. The van der Waals surface area contributed by atoms with Gasteiger partial charge in [-0.05, 0) is 30.2 Å². The largest absolute Gasteiger partial charge is 0.495 e. The van der Waals surface area contributed by atoms with Crippen LogP contribution >= 0.6 is 0 Å². The number of nitrogens with zero attached hydrogens (tertiary/aromatic N) is 1. The summed E-state index contributed by atoms with van der Waals surface area (Å²) < 4.78 is 63.6. The fraction of sp³-hybridized carbons (Fsp3) is 0.300. The number of ether oxygens (including phenoxy) is 2. The maximum absolute atomic E-state index is 13.2. The highest BCUT2D eigenvalue weighted by atomic mass is 32.2. The molecule has 1 saturated heterocycles. The maximum Gasteiger partial charge on any atom is 0.324 e. The van der Waals surface area contributed by atoms with Gasteiger partial charge < -0.3 is 9.47 Å². The first kappa shape index (κ1) is 23.7. The van der Waals surface area contributed by atoms with E-state index in [9.17, 15) is 26.4 Å². The lowest BCUT2D eigenvalue weighted by Crippen LogP contribution is -2.43. The molecule has 2 aromatic rings. The molecule has 10 nitrogen and oxygen atoms in total. The number of amides is 1. The van der Waals surface area contributed by atoms with Crippen LogP contribution in [0.2, 0.25) is 0 Å². The molecular weight excluding hydrogens is 460 g/mol. The third kappa shape index (κ3) is 4.92. The van der Waals surface area contributed by atoms with Crippen molar-refractivity contribution in [2.45, 2.75) is 23.8 Å². The molecule has 0 aromatic heterocycles. The third-order valence-corrected chi connectivity index (χ3v) is 8.00. The molecule has 1 fully saturated rings. The highest BCUT2D eigenvalue weighted by molar-refractivity contribution is 7.94. The number of esters is 1. The summed E-state index contributed by atoms with van der Waals surface area (Å²) in [6.45, 7) is 0. The molecule has 12 heteroatoms. The molecule has 1 N–H and O–H groups in total. The summed E-state index contributed by atoms with van der Waals surface area (Å²) in [6, 6.07) is 11.0. The molecule has 1 atom stereocenters. The van der Waals surface area contributed by atoms with Crippen molar-refractivity contribution < 1.29 is 35.9 Å². The molecular formula is C20H22N2O8S2. The minimum absolute atomic E-state index is 0.0216. The molecule has 0 spiro atoms. The van der Waals surface area contributed by atoms with E-state index in [1.807, 2.05) is 0 Å². The molecule has 172 valence electrons.